The minimum atomic E-state index is -0.204. The molecule has 2 saturated heterocycles. The van der Waals surface area contributed by atoms with Gasteiger partial charge in [0.25, 0.3) is 0 Å². The smallest absolute Gasteiger partial charge is 0.317 e. The van der Waals surface area contributed by atoms with E-state index in [-0.39, 0.29) is 11.6 Å². The summed E-state index contributed by atoms with van der Waals surface area (Å²) in [5.74, 6) is 0.527. The highest BCUT2D eigenvalue weighted by molar-refractivity contribution is 5.74. The Morgan fingerprint density at radius 3 is 2.46 bits per heavy atom. The molecule has 0 radical (unpaired) electrons. The van der Waals surface area contributed by atoms with Crippen LogP contribution in [0.4, 0.5) is 4.79 Å². The van der Waals surface area contributed by atoms with Crippen LogP contribution in [-0.4, -0.2) is 91.8 Å². The molecule has 2 fully saturated rings. The van der Waals surface area contributed by atoms with Gasteiger partial charge in [0.2, 0.25) is 0 Å². The zero-order valence-electron chi connectivity index (χ0n) is 16.2. The van der Waals surface area contributed by atoms with Gasteiger partial charge in [0, 0.05) is 45.3 Å². The van der Waals surface area contributed by atoms with E-state index in [2.05, 4.69) is 49.9 Å². The molecule has 2 heterocycles. The molecular weight excluding hydrogens is 304 g/mol. The first-order chi connectivity index (χ1) is 11.3. The van der Waals surface area contributed by atoms with Crippen molar-refractivity contribution in [3.63, 3.8) is 0 Å². The van der Waals surface area contributed by atoms with E-state index < -0.39 is 0 Å². The van der Waals surface area contributed by atoms with Gasteiger partial charge in [-0.2, -0.15) is 0 Å². The van der Waals surface area contributed by atoms with Gasteiger partial charge in [-0.3, -0.25) is 4.90 Å². The Morgan fingerprint density at radius 2 is 1.88 bits per heavy atom. The Bertz CT molecular complexity index is 410. The fraction of sp³-hybridized carbons (Fsp3) is 0.944. The SMILES string of the molecule is CC[C@]1(C)CN(C(=O)NC[C@@H](C(C)C)N2CCN(C)CC2)CCO1. The molecule has 0 aromatic carbocycles. The lowest BCUT2D eigenvalue weighted by Crippen LogP contribution is -2.57. The molecule has 2 amide bonds. The fourth-order valence-corrected chi connectivity index (χ4v) is 3.56. The highest BCUT2D eigenvalue weighted by Crippen LogP contribution is 2.21. The topological polar surface area (TPSA) is 48.1 Å². The summed E-state index contributed by atoms with van der Waals surface area (Å²) >= 11 is 0. The Balaban J connectivity index is 1.86. The number of hydrogen-bond donors (Lipinski definition) is 1. The molecule has 0 bridgehead atoms. The maximum Gasteiger partial charge on any atom is 0.317 e. The molecule has 6 heteroatoms. The van der Waals surface area contributed by atoms with E-state index in [1.165, 1.54) is 0 Å². The van der Waals surface area contributed by atoms with Crippen LogP contribution in [0.5, 0.6) is 0 Å². The number of nitrogens with zero attached hydrogens (tertiary/aromatic N) is 3. The average molecular weight is 341 g/mol. The lowest BCUT2D eigenvalue weighted by molar-refractivity contribution is -0.0873. The van der Waals surface area contributed by atoms with Gasteiger partial charge in [-0.05, 0) is 26.3 Å². The van der Waals surface area contributed by atoms with Gasteiger partial charge in [0.1, 0.15) is 0 Å². The van der Waals surface area contributed by atoms with Gasteiger partial charge < -0.3 is 19.9 Å². The Morgan fingerprint density at radius 1 is 1.21 bits per heavy atom. The summed E-state index contributed by atoms with van der Waals surface area (Å²) in [5.41, 5.74) is -0.204. The van der Waals surface area contributed by atoms with Crippen molar-refractivity contribution in [3.05, 3.63) is 0 Å². The molecule has 0 aromatic heterocycles. The van der Waals surface area contributed by atoms with Crippen LogP contribution in [-0.2, 0) is 4.74 Å². The lowest BCUT2D eigenvalue weighted by Gasteiger charge is -2.42. The number of hydrogen-bond acceptors (Lipinski definition) is 4. The van der Waals surface area contributed by atoms with Gasteiger partial charge in [0.15, 0.2) is 0 Å². The third kappa shape index (κ3) is 5.07. The number of ether oxygens (including phenoxy) is 1. The molecule has 2 aliphatic rings. The number of urea groups is 1. The normalized spacial score (nSPS) is 28.2. The van der Waals surface area contributed by atoms with Crippen molar-refractivity contribution in [2.75, 3.05) is 59.5 Å². The Hall–Kier alpha value is -0.850. The lowest BCUT2D eigenvalue weighted by atomic mass is 10.0. The molecule has 140 valence electrons. The minimum absolute atomic E-state index is 0.0535. The van der Waals surface area contributed by atoms with Crippen LogP contribution in [0, 0.1) is 5.92 Å². The van der Waals surface area contributed by atoms with Gasteiger partial charge in [0.05, 0.1) is 18.8 Å². The third-order valence-electron chi connectivity index (χ3n) is 5.61. The predicted octanol–water partition coefficient (Wildman–Crippen LogP) is 1.47. The standard InChI is InChI=1S/C18H36N4O2/c1-6-18(4)14-22(11-12-24-18)17(23)19-13-16(15(2)3)21-9-7-20(5)8-10-21/h15-16H,6-14H2,1-5H3,(H,19,23)/t16-,18+/m0/s1. The largest absolute Gasteiger partial charge is 0.372 e. The van der Waals surface area contributed by atoms with Gasteiger partial charge in [-0.15, -0.1) is 0 Å². The molecule has 1 N–H and O–H groups in total. The highest BCUT2D eigenvalue weighted by Gasteiger charge is 2.33. The number of carbonyl (C=O) groups excluding carboxylic acids is 1. The number of rotatable bonds is 5. The fourth-order valence-electron chi connectivity index (χ4n) is 3.56. The number of piperazine rings is 1. The van der Waals surface area contributed by atoms with Crippen molar-refractivity contribution in [2.45, 2.75) is 45.8 Å². The monoisotopic (exact) mass is 340 g/mol. The number of morpholine rings is 1. The molecular formula is C18H36N4O2. The van der Waals surface area contributed by atoms with Crippen molar-refractivity contribution in [2.24, 2.45) is 5.92 Å². The summed E-state index contributed by atoms with van der Waals surface area (Å²) in [6.45, 7) is 15.8. The number of amides is 2. The van der Waals surface area contributed by atoms with E-state index in [1.54, 1.807) is 0 Å². The quantitative estimate of drug-likeness (QED) is 0.823. The molecule has 0 aliphatic carbocycles. The van der Waals surface area contributed by atoms with Crippen LogP contribution in [0.1, 0.15) is 34.1 Å². The van der Waals surface area contributed by atoms with Crippen molar-refractivity contribution in [1.82, 2.24) is 20.0 Å². The van der Waals surface area contributed by atoms with Crippen molar-refractivity contribution >= 4 is 6.03 Å². The van der Waals surface area contributed by atoms with Crippen LogP contribution in [0.2, 0.25) is 0 Å². The number of likely N-dealkylation sites (N-methyl/N-ethyl adjacent to an activating group) is 1. The second-order valence-corrected chi connectivity index (χ2v) is 7.91. The molecule has 2 atom stereocenters. The van der Waals surface area contributed by atoms with E-state index >= 15 is 0 Å². The first-order valence-electron chi connectivity index (χ1n) is 9.44. The first kappa shape index (κ1) is 19.5. The van der Waals surface area contributed by atoms with Gasteiger partial charge in [-0.1, -0.05) is 20.8 Å². The summed E-state index contributed by atoms with van der Waals surface area (Å²) in [5, 5.41) is 3.18. The second-order valence-electron chi connectivity index (χ2n) is 7.91. The molecule has 2 aliphatic heterocycles. The summed E-state index contributed by atoms with van der Waals surface area (Å²) in [7, 11) is 2.17. The van der Waals surface area contributed by atoms with Crippen molar-refractivity contribution in [3.8, 4) is 0 Å². The highest BCUT2D eigenvalue weighted by atomic mass is 16.5. The summed E-state index contributed by atoms with van der Waals surface area (Å²) in [4.78, 5) is 19.4. The van der Waals surface area contributed by atoms with Crippen LogP contribution in [0.3, 0.4) is 0 Å². The Labute approximate surface area is 147 Å². The predicted molar refractivity (Wildman–Crippen MR) is 97.3 cm³/mol. The maximum absolute atomic E-state index is 12.6. The first-order valence-corrected chi connectivity index (χ1v) is 9.44. The van der Waals surface area contributed by atoms with Crippen LogP contribution >= 0.6 is 0 Å². The van der Waals surface area contributed by atoms with E-state index in [0.29, 0.717) is 31.7 Å². The molecule has 0 spiro atoms. The van der Waals surface area contributed by atoms with E-state index in [0.717, 1.165) is 39.1 Å². The number of nitrogens with one attached hydrogen (secondary N) is 1. The van der Waals surface area contributed by atoms with E-state index in [1.807, 2.05) is 4.90 Å². The molecule has 0 aromatic rings. The number of carbonyl (C=O) groups is 1. The molecule has 24 heavy (non-hydrogen) atoms. The zero-order valence-corrected chi connectivity index (χ0v) is 16.2. The summed E-state index contributed by atoms with van der Waals surface area (Å²) < 4.78 is 5.83. The van der Waals surface area contributed by atoms with Gasteiger partial charge in [-0.25, -0.2) is 4.79 Å². The molecule has 2 rings (SSSR count). The summed E-state index contributed by atoms with van der Waals surface area (Å²) in [6, 6.07) is 0.457. The van der Waals surface area contributed by atoms with Crippen LogP contribution < -0.4 is 5.32 Å². The molecule has 0 saturated carbocycles. The Kier molecular flexibility index (Phi) is 6.89. The van der Waals surface area contributed by atoms with Crippen molar-refractivity contribution in [1.29, 1.82) is 0 Å². The minimum Gasteiger partial charge on any atom is -0.372 e. The summed E-state index contributed by atoms with van der Waals surface area (Å²) in [6.07, 6.45) is 0.923. The van der Waals surface area contributed by atoms with E-state index in [9.17, 15) is 4.79 Å². The average Bonchev–Trinajstić information content (AvgIpc) is 2.56. The zero-order chi connectivity index (χ0) is 17.7. The van der Waals surface area contributed by atoms with Crippen molar-refractivity contribution < 1.29 is 9.53 Å². The van der Waals surface area contributed by atoms with E-state index in [4.69, 9.17) is 4.74 Å². The van der Waals surface area contributed by atoms with Crippen LogP contribution in [0.25, 0.3) is 0 Å². The third-order valence-corrected chi connectivity index (χ3v) is 5.61. The molecule has 0 unspecified atom stereocenters. The second kappa shape index (κ2) is 8.50. The molecule has 6 nitrogen and oxygen atoms in total. The maximum atomic E-state index is 12.6. The van der Waals surface area contributed by atoms with Crippen LogP contribution in [0.15, 0.2) is 0 Å². The van der Waals surface area contributed by atoms with Gasteiger partial charge >= 0.3 is 6.03 Å².